The number of hydrogen-bond acceptors (Lipinski definition) is 3. The summed E-state index contributed by atoms with van der Waals surface area (Å²) in [6.07, 6.45) is 9.44. The van der Waals surface area contributed by atoms with E-state index in [0.717, 1.165) is 24.9 Å². The fraction of sp³-hybridized carbons (Fsp3) is 0.722. The van der Waals surface area contributed by atoms with E-state index in [1.165, 1.54) is 62.1 Å². The fourth-order valence-corrected chi connectivity index (χ4v) is 4.18. The molecule has 116 valence electrons. The molecule has 1 aliphatic carbocycles. The first-order chi connectivity index (χ1) is 10.3. The normalized spacial score (nSPS) is 23.1. The highest BCUT2D eigenvalue weighted by molar-refractivity contribution is 5.45. The van der Waals surface area contributed by atoms with Crippen LogP contribution in [0.1, 0.15) is 56.7 Å². The zero-order valence-electron chi connectivity index (χ0n) is 13.6. The van der Waals surface area contributed by atoms with Crippen molar-refractivity contribution in [1.82, 2.24) is 10.3 Å². The molecule has 1 unspecified atom stereocenters. The molecule has 1 saturated heterocycles. The molecule has 1 aliphatic heterocycles. The SMILES string of the molecule is CCc1cc(CNC)cc(N2CCCC2C2CCCC2)n1. The molecule has 2 fully saturated rings. The van der Waals surface area contributed by atoms with E-state index >= 15 is 0 Å². The maximum absolute atomic E-state index is 4.94. The van der Waals surface area contributed by atoms with E-state index < -0.39 is 0 Å². The molecule has 0 spiro atoms. The largest absolute Gasteiger partial charge is 0.353 e. The first-order valence-corrected chi connectivity index (χ1v) is 8.73. The summed E-state index contributed by atoms with van der Waals surface area (Å²) in [7, 11) is 2.02. The van der Waals surface area contributed by atoms with Crippen molar-refractivity contribution in [2.24, 2.45) is 5.92 Å². The van der Waals surface area contributed by atoms with Gasteiger partial charge >= 0.3 is 0 Å². The molecule has 3 rings (SSSR count). The Labute approximate surface area is 129 Å². The summed E-state index contributed by atoms with van der Waals surface area (Å²) in [6.45, 7) is 4.33. The molecule has 3 nitrogen and oxygen atoms in total. The molecule has 1 aromatic heterocycles. The zero-order valence-corrected chi connectivity index (χ0v) is 13.6. The van der Waals surface area contributed by atoms with Crippen molar-refractivity contribution >= 4 is 5.82 Å². The van der Waals surface area contributed by atoms with Crippen molar-refractivity contribution in [3.63, 3.8) is 0 Å². The Morgan fingerprint density at radius 1 is 1.19 bits per heavy atom. The lowest BCUT2D eigenvalue weighted by atomic mass is 9.96. The fourth-order valence-electron chi connectivity index (χ4n) is 4.18. The number of anilines is 1. The van der Waals surface area contributed by atoms with Crippen molar-refractivity contribution in [1.29, 1.82) is 0 Å². The molecule has 1 aromatic rings. The smallest absolute Gasteiger partial charge is 0.129 e. The Morgan fingerprint density at radius 2 is 2.00 bits per heavy atom. The van der Waals surface area contributed by atoms with Crippen molar-refractivity contribution in [2.75, 3.05) is 18.5 Å². The second-order valence-electron chi connectivity index (χ2n) is 6.66. The van der Waals surface area contributed by atoms with E-state index in [9.17, 15) is 0 Å². The lowest BCUT2D eigenvalue weighted by molar-refractivity contribution is 0.429. The number of rotatable bonds is 5. The van der Waals surface area contributed by atoms with Crippen LogP contribution in [0.2, 0.25) is 0 Å². The van der Waals surface area contributed by atoms with Crippen LogP contribution in [-0.2, 0) is 13.0 Å². The van der Waals surface area contributed by atoms with Crippen molar-refractivity contribution < 1.29 is 0 Å². The predicted molar refractivity (Wildman–Crippen MR) is 88.7 cm³/mol. The Hall–Kier alpha value is -1.09. The number of aryl methyl sites for hydroxylation is 1. The molecule has 1 N–H and O–H groups in total. The first kappa shape index (κ1) is 14.8. The van der Waals surface area contributed by atoms with Crippen LogP contribution in [0, 0.1) is 5.92 Å². The van der Waals surface area contributed by atoms with Crippen LogP contribution in [0.3, 0.4) is 0 Å². The van der Waals surface area contributed by atoms with Crippen molar-refractivity contribution in [3.05, 3.63) is 23.4 Å². The van der Waals surface area contributed by atoms with Gasteiger partial charge in [-0.05, 0) is 62.8 Å². The molecule has 1 saturated carbocycles. The summed E-state index contributed by atoms with van der Waals surface area (Å²) >= 11 is 0. The van der Waals surface area contributed by atoms with Gasteiger partial charge in [0, 0.05) is 24.8 Å². The minimum absolute atomic E-state index is 0.745. The highest BCUT2D eigenvalue weighted by Gasteiger charge is 2.34. The Bertz CT molecular complexity index is 466. The van der Waals surface area contributed by atoms with Gasteiger partial charge in [-0.25, -0.2) is 4.98 Å². The Morgan fingerprint density at radius 3 is 2.71 bits per heavy atom. The van der Waals surface area contributed by atoms with Crippen LogP contribution in [0.25, 0.3) is 0 Å². The molecular formula is C18H29N3. The third kappa shape index (κ3) is 3.23. The predicted octanol–water partition coefficient (Wildman–Crippen LogP) is 3.52. The Kier molecular flexibility index (Phi) is 4.79. The molecule has 0 bridgehead atoms. The summed E-state index contributed by atoms with van der Waals surface area (Å²) in [5, 5.41) is 3.27. The summed E-state index contributed by atoms with van der Waals surface area (Å²) < 4.78 is 0. The minimum atomic E-state index is 0.745. The number of nitrogens with one attached hydrogen (secondary N) is 1. The zero-order chi connectivity index (χ0) is 14.7. The highest BCUT2D eigenvalue weighted by atomic mass is 15.2. The summed E-state index contributed by atoms with van der Waals surface area (Å²) in [5.74, 6) is 2.14. The molecule has 1 atom stereocenters. The van der Waals surface area contributed by atoms with Gasteiger partial charge in [-0.1, -0.05) is 19.8 Å². The molecule has 21 heavy (non-hydrogen) atoms. The van der Waals surface area contributed by atoms with Crippen LogP contribution in [0.5, 0.6) is 0 Å². The topological polar surface area (TPSA) is 28.2 Å². The summed E-state index contributed by atoms with van der Waals surface area (Å²) in [6, 6.07) is 5.30. The Balaban J connectivity index is 1.85. The van der Waals surface area contributed by atoms with E-state index in [1.807, 2.05) is 7.05 Å². The number of pyridine rings is 1. The van der Waals surface area contributed by atoms with Crippen molar-refractivity contribution in [3.8, 4) is 0 Å². The van der Waals surface area contributed by atoms with Crippen LogP contribution in [0.15, 0.2) is 12.1 Å². The average molecular weight is 287 g/mol. The van der Waals surface area contributed by atoms with Gasteiger partial charge in [-0.15, -0.1) is 0 Å². The van der Waals surface area contributed by atoms with E-state index in [1.54, 1.807) is 0 Å². The van der Waals surface area contributed by atoms with Crippen LogP contribution >= 0.6 is 0 Å². The monoisotopic (exact) mass is 287 g/mol. The molecule has 0 radical (unpaired) electrons. The molecular weight excluding hydrogens is 258 g/mol. The average Bonchev–Trinajstić information content (AvgIpc) is 3.17. The third-order valence-electron chi connectivity index (χ3n) is 5.21. The van der Waals surface area contributed by atoms with Crippen molar-refractivity contribution in [2.45, 2.75) is 64.5 Å². The quantitative estimate of drug-likeness (QED) is 0.898. The standard InChI is InChI=1S/C18H29N3/c1-3-16-11-14(13-19-2)12-18(20-16)21-10-6-9-17(21)15-7-4-5-8-15/h11-12,15,17,19H,3-10,13H2,1-2H3. The van der Waals surface area contributed by atoms with E-state index in [2.05, 4.69) is 29.3 Å². The van der Waals surface area contributed by atoms with Gasteiger partial charge in [0.25, 0.3) is 0 Å². The molecule has 0 aromatic carbocycles. The molecule has 3 heteroatoms. The summed E-state index contributed by atoms with van der Waals surface area (Å²) in [5.41, 5.74) is 2.60. The molecule has 2 heterocycles. The number of aromatic nitrogens is 1. The van der Waals surface area contributed by atoms with Crippen LogP contribution < -0.4 is 10.2 Å². The number of nitrogens with zero attached hydrogens (tertiary/aromatic N) is 2. The molecule has 2 aliphatic rings. The van der Waals surface area contributed by atoms with E-state index in [0.29, 0.717) is 0 Å². The second kappa shape index (κ2) is 6.78. The maximum atomic E-state index is 4.94. The maximum Gasteiger partial charge on any atom is 0.129 e. The summed E-state index contributed by atoms with van der Waals surface area (Å²) in [4.78, 5) is 7.56. The second-order valence-corrected chi connectivity index (χ2v) is 6.66. The van der Waals surface area contributed by atoms with Crippen LogP contribution in [0.4, 0.5) is 5.82 Å². The van der Waals surface area contributed by atoms with Gasteiger partial charge < -0.3 is 10.2 Å². The highest BCUT2D eigenvalue weighted by Crippen LogP contribution is 2.37. The van der Waals surface area contributed by atoms with Crippen LogP contribution in [-0.4, -0.2) is 24.6 Å². The van der Waals surface area contributed by atoms with Gasteiger partial charge in [0.2, 0.25) is 0 Å². The first-order valence-electron chi connectivity index (χ1n) is 8.73. The molecule has 0 amide bonds. The van der Waals surface area contributed by atoms with Gasteiger partial charge in [0.15, 0.2) is 0 Å². The van der Waals surface area contributed by atoms with E-state index in [4.69, 9.17) is 4.98 Å². The van der Waals surface area contributed by atoms with Gasteiger partial charge in [0.1, 0.15) is 5.82 Å². The van der Waals surface area contributed by atoms with Gasteiger partial charge in [-0.3, -0.25) is 0 Å². The number of hydrogen-bond donors (Lipinski definition) is 1. The van der Waals surface area contributed by atoms with Gasteiger partial charge in [-0.2, -0.15) is 0 Å². The van der Waals surface area contributed by atoms with E-state index in [-0.39, 0.29) is 0 Å². The van der Waals surface area contributed by atoms with Gasteiger partial charge in [0.05, 0.1) is 0 Å². The minimum Gasteiger partial charge on any atom is -0.353 e. The lowest BCUT2D eigenvalue weighted by Gasteiger charge is -2.31. The third-order valence-corrected chi connectivity index (χ3v) is 5.21. The lowest BCUT2D eigenvalue weighted by Crippen LogP contribution is -2.35.